The minimum absolute atomic E-state index is 0.365. The van der Waals surface area contributed by atoms with Crippen molar-refractivity contribution in [1.82, 2.24) is 4.90 Å². The molecule has 0 N–H and O–H groups in total. The van der Waals surface area contributed by atoms with Gasteiger partial charge in [0, 0.05) is 12.6 Å². The zero-order valence-electron chi connectivity index (χ0n) is 9.58. The van der Waals surface area contributed by atoms with Gasteiger partial charge in [0.05, 0.1) is 12.2 Å². The van der Waals surface area contributed by atoms with Crippen LogP contribution in [-0.2, 0) is 4.74 Å². The number of likely N-dealkylation sites (tertiary alicyclic amines) is 1. The van der Waals surface area contributed by atoms with Crippen LogP contribution < -0.4 is 0 Å². The van der Waals surface area contributed by atoms with Gasteiger partial charge in [0.25, 0.3) is 0 Å². The van der Waals surface area contributed by atoms with Gasteiger partial charge in [-0.15, -0.1) is 0 Å². The number of rotatable bonds is 3. The average Bonchev–Trinajstić information content (AvgIpc) is 2.29. The highest BCUT2D eigenvalue weighted by atomic mass is 16.5. The molecule has 1 heterocycles. The lowest BCUT2D eigenvalue weighted by Crippen LogP contribution is -2.29. The molecule has 2 nitrogen and oxygen atoms in total. The summed E-state index contributed by atoms with van der Waals surface area (Å²) in [4.78, 5) is 2.43. The molecule has 0 amide bonds. The van der Waals surface area contributed by atoms with E-state index in [9.17, 15) is 0 Å². The van der Waals surface area contributed by atoms with Crippen LogP contribution in [-0.4, -0.2) is 36.7 Å². The lowest BCUT2D eigenvalue weighted by atomic mass is 10.0. The summed E-state index contributed by atoms with van der Waals surface area (Å²) in [6.07, 6.45) is 2.02. The molecule has 0 aromatic carbocycles. The third kappa shape index (κ3) is 2.96. The van der Waals surface area contributed by atoms with Crippen molar-refractivity contribution in [1.29, 1.82) is 0 Å². The zero-order valence-corrected chi connectivity index (χ0v) is 9.58. The quantitative estimate of drug-likeness (QED) is 0.668. The third-order valence-corrected chi connectivity index (χ3v) is 2.80. The van der Waals surface area contributed by atoms with E-state index >= 15 is 0 Å². The minimum Gasteiger partial charge on any atom is -0.374 e. The van der Waals surface area contributed by atoms with Crippen LogP contribution in [0.1, 0.15) is 34.1 Å². The normalized spacial score (nSPS) is 30.7. The van der Waals surface area contributed by atoms with Gasteiger partial charge < -0.3 is 9.64 Å². The Balaban J connectivity index is 2.40. The number of hydrogen-bond acceptors (Lipinski definition) is 2. The van der Waals surface area contributed by atoms with E-state index in [1.54, 1.807) is 0 Å². The second kappa shape index (κ2) is 4.43. The van der Waals surface area contributed by atoms with E-state index < -0.39 is 0 Å². The number of hydrogen-bond donors (Lipinski definition) is 0. The molecule has 2 heteroatoms. The Kier molecular flexibility index (Phi) is 3.74. The number of nitrogens with zero attached hydrogens (tertiary/aromatic N) is 1. The lowest BCUT2D eigenvalue weighted by Gasteiger charge is -2.22. The molecule has 0 bridgehead atoms. The Hall–Kier alpha value is -0.0800. The minimum atomic E-state index is 0.365. The fourth-order valence-corrected chi connectivity index (χ4v) is 2.25. The molecule has 2 atom stereocenters. The fraction of sp³-hybridized carbons (Fsp3) is 1.00. The van der Waals surface area contributed by atoms with Gasteiger partial charge in [-0.25, -0.2) is 0 Å². The third-order valence-electron chi connectivity index (χ3n) is 2.80. The van der Waals surface area contributed by atoms with Crippen LogP contribution in [0.25, 0.3) is 0 Å². The molecule has 78 valence electrons. The molecule has 1 aliphatic heterocycles. The van der Waals surface area contributed by atoms with Crippen molar-refractivity contribution >= 4 is 0 Å². The molecule has 1 rings (SSSR count). The lowest BCUT2D eigenvalue weighted by molar-refractivity contribution is 0.0149. The first-order valence-corrected chi connectivity index (χ1v) is 5.36. The van der Waals surface area contributed by atoms with Crippen molar-refractivity contribution in [2.45, 2.75) is 52.4 Å². The monoisotopic (exact) mass is 185 g/mol. The van der Waals surface area contributed by atoms with Crippen LogP contribution in [0, 0.1) is 5.92 Å². The highest BCUT2D eigenvalue weighted by Crippen LogP contribution is 2.24. The molecular weight excluding hydrogens is 162 g/mol. The van der Waals surface area contributed by atoms with Crippen molar-refractivity contribution in [3.05, 3.63) is 0 Å². The van der Waals surface area contributed by atoms with Crippen molar-refractivity contribution < 1.29 is 4.74 Å². The van der Waals surface area contributed by atoms with Gasteiger partial charge in [-0.05, 0) is 33.2 Å². The summed E-state index contributed by atoms with van der Waals surface area (Å²) >= 11 is 0. The summed E-state index contributed by atoms with van der Waals surface area (Å²) in [5, 5.41) is 0. The molecule has 0 saturated carbocycles. The van der Waals surface area contributed by atoms with Crippen LogP contribution >= 0.6 is 0 Å². The van der Waals surface area contributed by atoms with Crippen LogP contribution in [0.2, 0.25) is 0 Å². The topological polar surface area (TPSA) is 12.5 Å². The van der Waals surface area contributed by atoms with E-state index in [2.05, 4.69) is 39.6 Å². The predicted octanol–water partition coefficient (Wildman–Crippen LogP) is 2.14. The Bertz CT molecular complexity index is 156. The largest absolute Gasteiger partial charge is 0.374 e. The summed E-state index contributed by atoms with van der Waals surface area (Å²) in [5.74, 6) is 0.741. The van der Waals surface area contributed by atoms with Crippen molar-refractivity contribution in [2.75, 3.05) is 13.6 Å². The first kappa shape index (κ1) is 11.0. The Morgan fingerprint density at radius 1 is 1.23 bits per heavy atom. The molecule has 0 radical (unpaired) electrons. The van der Waals surface area contributed by atoms with E-state index in [4.69, 9.17) is 4.74 Å². The molecule has 13 heavy (non-hydrogen) atoms. The molecule has 1 saturated heterocycles. The zero-order chi connectivity index (χ0) is 10.0. The molecule has 1 fully saturated rings. The molecule has 0 aromatic heterocycles. The van der Waals surface area contributed by atoms with Crippen molar-refractivity contribution in [3.63, 3.8) is 0 Å². The highest BCUT2D eigenvalue weighted by Gasteiger charge is 2.32. The van der Waals surface area contributed by atoms with Gasteiger partial charge >= 0.3 is 0 Å². The standard InChI is InChI=1S/C11H23NO/c1-8(2)11-6-10(7-12(11)5)13-9(3)4/h8-11H,6-7H2,1-5H3. The molecule has 0 aromatic rings. The maximum atomic E-state index is 5.82. The smallest absolute Gasteiger partial charge is 0.0720 e. The van der Waals surface area contributed by atoms with Gasteiger partial charge in [0.1, 0.15) is 0 Å². The predicted molar refractivity (Wildman–Crippen MR) is 55.9 cm³/mol. The molecule has 1 aliphatic rings. The molecule has 0 aliphatic carbocycles. The average molecular weight is 185 g/mol. The summed E-state index contributed by atoms with van der Waals surface area (Å²) in [5.41, 5.74) is 0. The summed E-state index contributed by atoms with van der Waals surface area (Å²) in [7, 11) is 2.20. The second-order valence-corrected chi connectivity index (χ2v) is 4.79. The Morgan fingerprint density at radius 2 is 1.85 bits per heavy atom. The van der Waals surface area contributed by atoms with Crippen molar-refractivity contribution in [3.8, 4) is 0 Å². The van der Waals surface area contributed by atoms with E-state index in [0.29, 0.717) is 18.2 Å². The maximum Gasteiger partial charge on any atom is 0.0720 e. The van der Waals surface area contributed by atoms with Gasteiger partial charge in [-0.3, -0.25) is 0 Å². The van der Waals surface area contributed by atoms with Gasteiger partial charge in [-0.2, -0.15) is 0 Å². The first-order chi connectivity index (χ1) is 6.00. The van der Waals surface area contributed by atoms with E-state index in [0.717, 1.165) is 12.5 Å². The van der Waals surface area contributed by atoms with E-state index in [-0.39, 0.29) is 0 Å². The summed E-state index contributed by atoms with van der Waals surface area (Å²) in [6, 6.07) is 0.712. The van der Waals surface area contributed by atoms with Crippen LogP contribution in [0.5, 0.6) is 0 Å². The second-order valence-electron chi connectivity index (χ2n) is 4.79. The summed E-state index contributed by atoms with van der Waals surface area (Å²) < 4.78 is 5.82. The van der Waals surface area contributed by atoms with E-state index in [1.165, 1.54) is 6.42 Å². The molecule has 0 spiro atoms. The Morgan fingerprint density at radius 3 is 2.23 bits per heavy atom. The molecular formula is C11H23NO. The maximum absolute atomic E-state index is 5.82. The van der Waals surface area contributed by atoms with Crippen LogP contribution in [0.4, 0.5) is 0 Å². The SMILES string of the molecule is CC(C)OC1CC(C(C)C)N(C)C1. The van der Waals surface area contributed by atoms with E-state index in [1.807, 2.05) is 0 Å². The Labute approximate surface area is 82.3 Å². The van der Waals surface area contributed by atoms with Gasteiger partial charge in [-0.1, -0.05) is 13.8 Å². The number of likely N-dealkylation sites (N-methyl/N-ethyl adjacent to an activating group) is 1. The van der Waals surface area contributed by atoms with Gasteiger partial charge in [0.2, 0.25) is 0 Å². The van der Waals surface area contributed by atoms with Gasteiger partial charge in [0.15, 0.2) is 0 Å². The highest BCUT2D eigenvalue weighted by molar-refractivity contribution is 4.85. The van der Waals surface area contributed by atoms with Crippen LogP contribution in [0.3, 0.4) is 0 Å². The number of ether oxygens (including phenoxy) is 1. The summed E-state index contributed by atoms with van der Waals surface area (Å²) in [6.45, 7) is 9.91. The van der Waals surface area contributed by atoms with Crippen molar-refractivity contribution in [2.24, 2.45) is 5.92 Å². The first-order valence-electron chi connectivity index (χ1n) is 5.36. The van der Waals surface area contributed by atoms with Crippen LogP contribution in [0.15, 0.2) is 0 Å². The molecule has 2 unspecified atom stereocenters. The fourth-order valence-electron chi connectivity index (χ4n) is 2.25.